The smallest absolute Gasteiger partial charge is 0.428 e. The van der Waals surface area contributed by atoms with Crippen LogP contribution in [0, 0.1) is 0 Å². The number of para-hydroxylation sites is 1. The zero-order valence-electron chi connectivity index (χ0n) is 32.2. The number of unbranched alkanes of at least 4 members (excludes halogenated alkanes) is 6. The van der Waals surface area contributed by atoms with Gasteiger partial charge in [-0.25, -0.2) is 14.6 Å². The summed E-state index contributed by atoms with van der Waals surface area (Å²) in [7, 11) is 0. The summed E-state index contributed by atoms with van der Waals surface area (Å²) >= 11 is 0. The normalized spacial score (nSPS) is 13.6. The third-order valence-corrected chi connectivity index (χ3v) is 9.87. The van der Waals surface area contributed by atoms with Gasteiger partial charge in [0.2, 0.25) is 0 Å². The first-order valence-corrected chi connectivity index (χ1v) is 19.8. The molecule has 1 aliphatic rings. The van der Waals surface area contributed by atoms with Gasteiger partial charge in [0.25, 0.3) is 0 Å². The van der Waals surface area contributed by atoms with Crippen molar-refractivity contribution in [3.8, 4) is 16.9 Å². The minimum absolute atomic E-state index is 0.0172. The molecule has 3 aromatic carbocycles. The zero-order chi connectivity index (χ0) is 36.9. The number of rotatable bonds is 16. The minimum Gasteiger partial charge on any atom is -0.428 e. The monoisotopic (exact) mass is 708 g/mol. The number of carbonyl (C=O) groups is 2. The Balaban J connectivity index is 1.40. The number of aryl methyl sites for hydroxylation is 1. The van der Waals surface area contributed by atoms with E-state index in [-0.39, 0.29) is 12.1 Å². The van der Waals surface area contributed by atoms with Crippen LogP contribution >= 0.6 is 0 Å². The lowest BCUT2D eigenvalue weighted by Crippen LogP contribution is -2.46. The van der Waals surface area contributed by atoms with E-state index in [1.54, 1.807) is 6.07 Å². The number of amides is 2. The van der Waals surface area contributed by atoms with Crippen molar-refractivity contribution in [3.05, 3.63) is 78.1 Å². The molecule has 1 saturated carbocycles. The first kappa shape index (κ1) is 38.9. The number of hydrogen-bond donors (Lipinski definition) is 1. The summed E-state index contributed by atoms with van der Waals surface area (Å²) < 4.78 is 13.3. The molecule has 4 aromatic rings. The fourth-order valence-electron chi connectivity index (χ4n) is 7.06. The number of ether oxygens (including phenoxy) is 2. The van der Waals surface area contributed by atoms with Crippen molar-refractivity contribution in [1.82, 2.24) is 14.9 Å². The highest BCUT2D eigenvalue weighted by Crippen LogP contribution is 2.32. The lowest BCUT2D eigenvalue weighted by molar-refractivity contribution is 0.0207. The van der Waals surface area contributed by atoms with Crippen LogP contribution in [-0.4, -0.2) is 39.9 Å². The standard InChI is InChI=1S/C44H60N4O4/c1-6-8-10-11-12-18-30-47(42(49)45-35-19-14-13-15-20-35)36-28-29-38-39(31-36)48(41(46-38)23-9-7-2)32-33-24-26-34(27-25-33)37-21-16-17-22-40(37)51-43(50)52-44(3,4)5/h16-17,21-22,24-29,31,35H,6-15,18-20,23,30,32H2,1-5H3,(H,45,49). The van der Waals surface area contributed by atoms with Crippen LogP contribution < -0.4 is 15.0 Å². The highest BCUT2D eigenvalue weighted by molar-refractivity contribution is 5.94. The first-order chi connectivity index (χ1) is 25.1. The first-order valence-electron chi connectivity index (χ1n) is 19.8. The Morgan fingerprint density at radius 3 is 2.31 bits per heavy atom. The van der Waals surface area contributed by atoms with Crippen molar-refractivity contribution in [2.75, 3.05) is 11.4 Å². The summed E-state index contributed by atoms with van der Waals surface area (Å²) in [6.07, 6.45) is 15.1. The SMILES string of the molecule is CCCCCCCCN(C(=O)NC1CCCCC1)c1ccc2nc(CCCC)n(Cc3ccc(-c4ccccc4OC(=O)OC(C)(C)C)cc3)c2c1. The molecule has 0 spiro atoms. The number of anilines is 1. The van der Waals surface area contributed by atoms with Gasteiger partial charge in [0, 0.05) is 36.8 Å². The summed E-state index contributed by atoms with van der Waals surface area (Å²) in [4.78, 5) is 33.4. The van der Waals surface area contributed by atoms with Crippen LogP contribution in [0.2, 0.25) is 0 Å². The Kier molecular flexibility index (Phi) is 14.2. The number of hydrogen-bond acceptors (Lipinski definition) is 5. The highest BCUT2D eigenvalue weighted by atomic mass is 16.7. The average molecular weight is 709 g/mol. The molecule has 8 nitrogen and oxygen atoms in total. The van der Waals surface area contributed by atoms with Crippen LogP contribution in [-0.2, 0) is 17.7 Å². The molecule has 0 aliphatic heterocycles. The maximum Gasteiger partial charge on any atom is 0.514 e. The largest absolute Gasteiger partial charge is 0.514 e. The van der Waals surface area contributed by atoms with Gasteiger partial charge >= 0.3 is 12.2 Å². The van der Waals surface area contributed by atoms with Gasteiger partial charge in [-0.3, -0.25) is 4.90 Å². The summed E-state index contributed by atoms with van der Waals surface area (Å²) in [5.41, 5.74) is 5.17. The van der Waals surface area contributed by atoms with Gasteiger partial charge in [-0.15, -0.1) is 0 Å². The quantitative estimate of drug-likeness (QED) is 0.0711. The molecular formula is C44H60N4O4. The number of benzene rings is 3. The van der Waals surface area contributed by atoms with E-state index in [4.69, 9.17) is 14.5 Å². The summed E-state index contributed by atoms with van der Waals surface area (Å²) in [6.45, 7) is 11.3. The predicted octanol–water partition coefficient (Wildman–Crippen LogP) is 11.6. The lowest BCUT2D eigenvalue weighted by Gasteiger charge is -2.28. The molecule has 280 valence electrons. The van der Waals surface area contributed by atoms with Crippen molar-refractivity contribution < 1.29 is 19.1 Å². The topological polar surface area (TPSA) is 85.7 Å². The van der Waals surface area contributed by atoms with Crippen molar-refractivity contribution in [2.45, 2.75) is 143 Å². The molecule has 0 atom stereocenters. The van der Waals surface area contributed by atoms with Crippen molar-refractivity contribution in [2.24, 2.45) is 0 Å². The van der Waals surface area contributed by atoms with Crippen LogP contribution in [0.15, 0.2) is 66.7 Å². The molecule has 1 heterocycles. The average Bonchev–Trinajstić information content (AvgIpc) is 3.46. The lowest BCUT2D eigenvalue weighted by atomic mass is 9.96. The zero-order valence-corrected chi connectivity index (χ0v) is 32.2. The number of fused-ring (bicyclic) bond motifs is 1. The number of aromatic nitrogens is 2. The molecule has 1 aromatic heterocycles. The number of imidazole rings is 1. The molecule has 1 N–H and O–H groups in total. The summed E-state index contributed by atoms with van der Waals surface area (Å²) in [5.74, 6) is 1.51. The van der Waals surface area contributed by atoms with Crippen LogP contribution in [0.1, 0.15) is 129 Å². The van der Waals surface area contributed by atoms with E-state index in [0.29, 0.717) is 18.8 Å². The summed E-state index contributed by atoms with van der Waals surface area (Å²) in [6, 6.07) is 22.5. The molecule has 52 heavy (non-hydrogen) atoms. The molecule has 2 amide bonds. The number of nitrogens with one attached hydrogen (secondary N) is 1. The molecule has 0 radical (unpaired) electrons. The van der Waals surface area contributed by atoms with Gasteiger partial charge < -0.3 is 19.4 Å². The molecule has 0 saturated heterocycles. The van der Waals surface area contributed by atoms with Gasteiger partial charge in [0.15, 0.2) is 0 Å². The minimum atomic E-state index is -0.723. The van der Waals surface area contributed by atoms with Crippen LogP contribution in [0.5, 0.6) is 5.75 Å². The predicted molar refractivity (Wildman–Crippen MR) is 212 cm³/mol. The third-order valence-electron chi connectivity index (χ3n) is 9.87. The van der Waals surface area contributed by atoms with E-state index in [2.05, 4.69) is 66.2 Å². The molecule has 1 fully saturated rings. The molecule has 0 bridgehead atoms. The van der Waals surface area contributed by atoms with E-state index in [0.717, 1.165) is 84.2 Å². The third kappa shape index (κ3) is 11.1. The Labute approximate surface area is 311 Å². The van der Waals surface area contributed by atoms with Crippen molar-refractivity contribution in [1.29, 1.82) is 0 Å². The van der Waals surface area contributed by atoms with Crippen LogP contribution in [0.4, 0.5) is 15.3 Å². The van der Waals surface area contributed by atoms with Gasteiger partial charge in [0.05, 0.1) is 11.0 Å². The number of carbonyl (C=O) groups excluding carboxylic acids is 2. The highest BCUT2D eigenvalue weighted by Gasteiger charge is 2.23. The molecule has 0 unspecified atom stereocenters. The Hall–Kier alpha value is -4.33. The summed E-state index contributed by atoms with van der Waals surface area (Å²) in [5, 5.41) is 3.39. The van der Waals surface area contributed by atoms with E-state index < -0.39 is 11.8 Å². The maximum absolute atomic E-state index is 13.9. The van der Waals surface area contributed by atoms with Crippen molar-refractivity contribution in [3.63, 3.8) is 0 Å². The number of urea groups is 1. The van der Waals surface area contributed by atoms with Gasteiger partial charge in [-0.1, -0.05) is 114 Å². The fraction of sp³-hybridized carbons (Fsp3) is 0.523. The van der Waals surface area contributed by atoms with Gasteiger partial charge in [-0.2, -0.15) is 0 Å². The Morgan fingerprint density at radius 2 is 1.58 bits per heavy atom. The second-order valence-electron chi connectivity index (χ2n) is 15.4. The molecule has 8 heteroatoms. The molecule has 1 aliphatic carbocycles. The fourth-order valence-corrected chi connectivity index (χ4v) is 7.06. The van der Waals surface area contributed by atoms with Crippen molar-refractivity contribution >= 4 is 28.9 Å². The maximum atomic E-state index is 13.9. The van der Waals surface area contributed by atoms with Gasteiger partial charge in [-0.05, 0) is 81.8 Å². The Morgan fingerprint density at radius 1 is 0.865 bits per heavy atom. The van der Waals surface area contributed by atoms with E-state index in [1.807, 2.05) is 43.9 Å². The molecule has 5 rings (SSSR count). The van der Waals surface area contributed by atoms with Gasteiger partial charge in [0.1, 0.15) is 17.2 Å². The second-order valence-corrected chi connectivity index (χ2v) is 15.4. The second kappa shape index (κ2) is 19.0. The van der Waals surface area contributed by atoms with Crippen LogP contribution in [0.25, 0.3) is 22.2 Å². The van der Waals surface area contributed by atoms with Crippen LogP contribution in [0.3, 0.4) is 0 Å². The van der Waals surface area contributed by atoms with E-state index in [9.17, 15) is 9.59 Å². The van der Waals surface area contributed by atoms with E-state index in [1.165, 1.54) is 44.9 Å². The van der Waals surface area contributed by atoms with E-state index >= 15 is 0 Å². The Bertz CT molecular complexity index is 1730. The number of nitrogens with zero attached hydrogens (tertiary/aromatic N) is 3. The molecular weight excluding hydrogens is 649 g/mol.